The van der Waals surface area contributed by atoms with Crippen molar-refractivity contribution in [3.8, 4) is 0 Å². The summed E-state index contributed by atoms with van der Waals surface area (Å²) in [5.41, 5.74) is 0. The lowest BCUT2D eigenvalue weighted by molar-refractivity contribution is -0.125. The summed E-state index contributed by atoms with van der Waals surface area (Å²) >= 11 is 0. The maximum absolute atomic E-state index is 11.9. The van der Waals surface area contributed by atoms with Gasteiger partial charge >= 0.3 is 0 Å². The van der Waals surface area contributed by atoms with Crippen molar-refractivity contribution in [3.63, 3.8) is 0 Å². The molecule has 0 bridgehead atoms. The molecule has 1 fully saturated rings. The first-order chi connectivity index (χ1) is 9.13. The Labute approximate surface area is 116 Å². The Morgan fingerprint density at radius 1 is 1.16 bits per heavy atom. The van der Waals surface area contributed by atoms with Gasteiger partial charge in [-0.25, -0.2) is 0 Å². The van der Waals surface area contributed by atoms with Crippen LogP contribution >= 0.6 is 0 Å². The van der Waals surface area contributed by atoms with Crippen molar-refractivity contribution in [1.82, 2.24) is 16.0 Å². The van der Waals surface area contributed by atoms with E-state index in [0.29, 0.717) is 19.1 Å². The summed E-state index contributed by atoms with van der Waals surface area (Å²) in [5.74, 6) is 1.23. The van der Waals surface area contributed by atoms with Crippen LogP contribution < -0.4 is 16.0 Å². The number of carbonyl (C=O) groups excluding carboxylic acids is 1. The maximum atomic E-state index is 11.9. The number of nitrogens with zero attached hydrogens (tertiary/aromatic N) is 1. The highest BCUT2D eigenvalue weighted by atomic mass is 16.1. The van der Waals surface area contributed by atoms with Gasteiger partial charge in [-0.2, -0.15) is 0 Å². The lowest BCUT2D eigenvalue weighted by atomic mass is 9.89. The van der Waals surface area contributed by atoms with Gasteiger partial charge in [-0.1, -0.05) is 19.3 Å². The maximum Gasteiger partial charge on any atom is 0.223 e. The molecule has 0 unspecified atom stereocenters. The fraction of sp³-hybridized carbons (Fsp3) is 0.857. The van der Waals surface area contributed by atoms with Gasteiger partial charge in [0.25, 0.3) is 0 Å². The van der Waals surface area contributed by atoms with E-state index < -0.39 is 0 Å². The molecule has 0 spiro atoms. The van der Waals surface area contributed by atoms with Crippen LogP contribution in [-0.2, 0) is 4.79 Å². The number of aliphatic imine (C=N–C) groups is 1. The first kappa shape index (κ1) is 15.8. The third-order valence-corrected chi connectivity index (χ3v) is 3.34. The van der Waals surface area contributed by atoms with Gasteiger partial charge in [0.05, 0.1) is 0 Å². The SMILES string of the molecule is CN=C(NCCNC(=O)C1CCCCC1)NC(C)C. The molecule has 0 heterocycles. The van der Waals surface area contributed by atoms with E-state index in [1.54, 1.807) is 7.05 Å². The molecule has 19 heavy (non-hydrogen) atoms. The van der Waals surface area contributed by atoms with Crippen LogP contribution in [0.3, 0.4) is 0 Å². The molecular formula is C14H28N4O. The van der Waals surface area contributed by atoms with E-state index in [4.69, 9.17) is 0 Å². The molecule has 0 atom stereocenters. The topological polar surface area (TPSA) is 65.5 Å². The molecule has 1 rings (SSSR count). The van der Waals surface area contributed by atoms with Gasteiger partial charge in [0.2, 0.25) is 5.91 Å². The Balaban J connectivity index is 2.14. The van der Waals surface area contributed by atoms with E-state index in [9.17, 15) is 4.79 Å². The first-order valence-corrected chi connectivity index (χ1v) is 7.38. The van der Waals surface area contributed by atoms with Crippen LogP contribution in [0.25, 0.3) is 0 Å². The molecule has 1 saturated carbocycles. The highest BCUT2D eigenvalue weighted by molar-refractivity contribution is 5.80. The summed E-state index contributed by atoms with van der Waals surface area (Å²) in [5, 5.41) is 9.39. The summed E-state index contributed by atoms with van der Waals surface area (Å²) in [6.45, 7) is 5.48. The summed E-state index contributed by atoms with van der Waals surface area (Å²) < 4.78 is 0. The molecule has 110 valence electrons. The van der Waals surface area contributed by atoms with Crippen molar-refractivity contribution < 1.29 is 4.79 Å². The average Bonchev–Trinajstić information content (AvgIpc) is 2.42. The standard InChI is InChI=1S/C14H28N4O/c1-11(2)18-14(15-3)17-10-9-16-13(19)12-7-5-4-6-8-12/h11-12H,4-10H2,1-3H3,(H,16,19)(H2,15,17,18). The Morgan fingerprint density at radius 3 is 2.37 bits per heavy atom. The minimum Gasteiger partial charge on any atom is -0.355 e. The first-order valence-electron chi connectivity index (χ1n) is 7.38. The molecular weight excluding hydrogens is 240 g/mol. The zero-order chi connectivity index (χ0) is 14.1. The molecule has 0 aliphatic heterocycles. The number of amides is 1. The Kier molecular flexibility index (Phi) is 7.30. The van der Waals surface area contributed by atoms with Gasteiger partial charge in [-0.15, -0.1) is 0 Å². The minimum atomic E-state index is 0.216. The molecule has 0 radical (unpaired) electrons. The molecule has 1 aliphatic carbocycles. The number of carbonyl (C=O) groups is 1. The third kappa shape index (κ3) is 6.45. The number of nitrogens with one attached hydrogen (secondary N) is 3. The van der Waals surface area contributed by atoms with Gasteiger partial charge < -0.3 is 16.0 Å². The second kappa shape index (κ2) is 8.77. The summed E-state index contributed by atoms with van der Waals surface area (Å²) in [6, 6.07) is 0.350. The van der Waals surface area contributed by atoms with Gasteiger partial charge in [0.15, 0.2) is 5.96 Å². The van der Waals surface area contributed by atoms with E-state index in [-0.39, 0.29) is 11.8 Å². The van der Waals surface area contributed by atoms with Gasteiger partial charge in [0, 0.05) is 32.1 Å². The predicted molar refractivity (Wildman–Crippen MR) is 79.2 cm³/mol. The van der Waals surface area contributed by atoms with Crippen LogP contribution in [-0.4, -0.2) is 38.0 Å². The predicted octanol–water partition coefficient (Wildman–Crippen LogP) is 1.26. The quantitative estimate of drug-likeness (QED) is 0.399. The fourth-order valence-electron chi connectivity index (χ4n) is 2.34. The van der Waals surface area contributed by atoms with Crippen molar-refractivity contribution in [2.24, 2.45) is 10.9 Å². The van der Waals surface area contributed by atoms with Crippen LogP contribution in [0.15, 0.2) is 4.99 Å². The smallest absolute Gasteiger partial charge is 0.223 e. The van der Waals surface area contributed by atoms with Crippen molar-refractivity contribution >= 4 is 11.9 Å². The van der Waals surface area contributed by atoms with Crippen LogP contribution in [0.5, 0.6) is 0 Å². The van der Waals surface area contributed by atoms with E-state index in [0.717, 1.165) is 18.8 Å². The van der Waals surface area contributed by atoms with Crippen molar-refractivity contribution in [2.45, 2.75) is 52.0 Å². The van der Waals surface area contributed by atoms with Gasteiger partial charge in [-0.3, -0.25) is 9.79 Å². The van der Waals surface area contributed by atoms with E-state index in [1.165, 1.54) is 19.3 Å². The van der Waals surface area contributed by atoms with Crippen LogP contribution in [0.4, 0.5) is 0 Å². The number of hydrogen-bond acceptors (Lipinski definition) is 2. The van der Waals surface area contributed by atoms with E-state index in [2.05, 4.69) is 34.8 Å². The van der Waals surface area contributed by atoms with Crippen LogP contribution in [0, 0.1) is 5.92 Å². The molecule has 0 aromatic heterocycles. The normalized spacial score (nSPS) is 17.4. The second-order valence-corrected chi connectivity index (χ2v) is 5.42. The van der Waals surface area contributed by atoms with Gasteiger partial charge in [0.1, 0.15) is 0 Å². The average molecular weight is 268 g/mol. The van der Waals surface area contributed by atoms with E-state index >= 15 is 0 Å². The monoisotopic (exact) mass is 268 g/mol. The van der Waals surface area contributed by atoms with Gasteiger partial charge in [-0.05, 0) is 26.7 Å². The summed E-state index contributed by atoms with van der Waals surface area (Å²) in [7, 11) is 1.75. The zero-order valence-electron chi connectivity index (χ0n) is 12.5. The van der Waals surface area contributed by atoms with E-state index in [1.807, 2.05) is 0 Å². The minimum absolute atomic E-state index is 0.216. The van der Waals surface area contributed by atoms with Crippen LogP contribution in [0.2, 0.25) is 0 Å². The second-order valence-electron chi connectivity index (χ2n) is 5.42. The lowest BCUT2D eigenvalue weighted by Gasteiger charge is -2.21. The summed E-state index contributed by atoms with van der Waals surface area (Å²) in [6.07, 6.45) is 5.77. The summed E-state index contributed by atoms with van der Waals surface area (Å²) in [4.78, 5) is 16.0. The highest BCUT2D eigenvalue weighted by Crippen LogP contribution is 2.23. The molecule has 0 aromatic rings. The zero-order valence-corrected chi connectivity index (χ0v) is 12.5. The Bertz CT molecular complexity index is 296. The largest absolute Gasteiger partial charge is 0.355 e. The van der Waals surface area contributed by atoms with Crippen LogP contribution in [0.1, 0.15) is 46.0 Å². The molecule has 3 N–H and O–H groups in total. The molecule has 1 aliphatic rings. The Hall–Kier alpha value is -1.26. The number of rotatable bonds is 5. The molecule has 5 nitrogen and oxygen atoms in total. The molecule has 5 heteroatoms. The number of hydrogen-bond donors (Lipinski definition) is 3. The highest BCUT2D eigenvalue weighted by Gasteiger charge is 2.20. The Morgan fingerprint density at radius 2 is 1.79 bits per heavy atom. The lowest BCUT2D eigenvalue weighted by Crippen LogP contribution is -2.44. The van der Waals surface area contributed by atoms with Crippen molar-refractivity contribution in [2.75, 3.05) is 20.1 Å². The molecule has 0 saturated heterocycles. The van der Waals surface area contributed by atoms with Crippen molar-refractivity contribution in [3.05, 3.63) is 0 Å². The fourth-order valence-corrected chi connectivity index (χ4v) is 2.34. The third-order valence-electron chi connectivity index (χ3n) is 3.34. The molecule has 1 amide bonds. The number of guanidine groups is 1. The van der Waals surface area contributed by atoms with Crippen molar-refractivity contribution in [1.29, 1.82) is 0 Å². The molecule has 0 aromatic carbocycles.